The van der Waals surface area contributed by atoms with Crippen LogP contribution in [-0.2, 0) is 9.53 Å². The van der Waals surface area contributed by atoms with E-state index in [9.17, 15) is 4.79 Å². The van der Waals surface area contributed by atoms with Gasteiger partial charge in [0.2, 0.25) is 0 Å². The lowest BCUT2D eigenvalue weighted by Crippen LogP contribution is -2.02. The summed E-state index contributed by atoms with van der Waals surface area (Å²) in [4.78, 5) is 11.6. The highest BCUT2D eigenvalue weighted by Gasteiger charge is 2.05. The molecule has 0 N–H and O–H groups in total. The van der Waals surface area contributed by atoms with Gasteiger partial charge in [-0.25, -0.2) is 4.79 Å². The van der Waals surface area contributed by atoms with Crippen LogP contribution in [0.25, 0.3) is 6.08 Å². The van der Waals surface area contributed by atoms with Crippen LogP contribution in [0.5, 0.6) is 0 Å². The molecule has 0 radical (unpaired) electrons. The topological polar surface area (TPSA) is 26.3 Å². The molecule has 1 aromatic rings. The van der Waals surface area contributed by atoms with Crippen molar-refractivity contribution < 1.29 is 9.53 Å². The number of ether oxygens (including phenoxy) is 1. The van der Waals surface area contributed by atoms with E-state index in [1.807, 2.05) is 25.2 Å². The van der Waals surface area contributed by atoms with Crippen LogP contribution >= 0.6 is 0 Å². The first kappa shape index (κ1) is 22.7. The zero-order valence-corrected chi connectivity index (χ0v) is 18.0. The highest BCUT2D eigenvalue weighted by atomic mass is 16.5. The summed E-state index contributed by atoms with van der Waals surface area (Å²) in [5, 5.41) is 0. The summed E-state index contributed by atoms with van der Waals surface area (Å²) in [5.74, 6) is -0.271. The largest absolute Gasteiger partial charge is 0.463 e. The van der Waals surface area contributed by atoms with Crippen molar-refractivity contribution in [3.8, 4) is 0 Å². The lowest BCUT2D eigenvalue weighted by atomic mass is 9.94. The Hall–Kier alpha value is -2.35. The fourth-order valence-corrected chi connectivity index (χ4v) is 2.78. The third-order valence-electron chi connectivity index (χ3n) is 4.73. The highest BCUT2D eigenvalue weighted by molar-refractivity contribution is 5.83. The van der Waals surface area contributed by atoms with Crippen LogP contribution in [0.4, 0.5) is 0 Å². The number of rotatable bonds is 8. The molecule has 0 aliphatic heterocycles. The fraction of sp³-hybridized carbons (Fsp3) is 0.400. The van der Waals surface area contributed by atoms with E-state index in [0.717, 1.165) is 24.0 Å². The van der Waals surface area contributed by atoms with Gasteiger partial charge in [-0.2, -0.15) is 0 Å². The van der Waals surface area contributed by atoms with E-state index in [1.165, 1.54) is 33.9 Å². The fourth-order valence-electron chi connectivity index (χ4n) is 2.78. The van der Waals surface area contributed by atoms with Gasteiger partial charge in [-0.15, -0.1) is 0 Å². The van der Waals surface area contributed by atoms with Crippen molar-refractivity contribution in [2.24, 2.45) is 0 Å². The molecule has 0 aliphatic rings. The summed E-state index contributed by atoms with van der Waals surface area (Å²) in [6.07, 6.45) is 13.7. The lowest BCUT2D eigenvalue weighted by molar-refractivity contribution is -0.137. The average Bonchev–Trinajstić information content (AvgIpc) is 2.59. The maximum Gasteiger partial charge on any atom is 0.331 e. The number of unbranched alkanes of at least 4 members (excludes halogenated alkanes) is 1. The molecule has 0 heterocycles. The second-order valence-electron chi connectivity index (χ2n) is 7.19. The smallest absolute Gasteiger partial charge is 0.331 e. The molecule has 1 aromatic carbocycles. The van der Waals surface area contributed by atoms with E-state index >= 15 is 0 Å². The van der Waals surface area contributed by atoms with Crippen LogP contribution in [0.2, 0.25) is 0 Å². The molecule has 2 nitrogen and oxygen atoms in total. The summed E-state index contributed by atoms with van der Waals surface area (Å²) in [6.45, 7) is 15.2. The molecule has 146 valence electrons. The van der Waals surface area contributed by atoms with E-state index in [0.29, 0.717) is 6.61 Å². The number of carbonyl (C=O) groups is 1. The number of carbonyl (C=O) groups excluding carboxylic acids is 1. The van der Waals surface area contributed by atoms with E-state index in [2.05, 4.69) is 59.8 Å². The number of hydrogen-bond donors (Lipinski definition) is 0. The van der Waals surface area contributed by atoms with Crippen molar-refractivity contribution in [3.05, 3.63) is 75.4 Å². The zero-order valence-electron chi connectivity index (χ0n) is 18.0. The molecule has 0 saturated heterocycles. The number of benzene rings is 1. The van der Waals surface area contributed by atoms with Crippen LogP contribution in [0.15, 0.2) is 47.6 Å². The lowest BCUT2D eigenvalue weighted by Gasteiger charge is -2.12. The Morgan fingerprint density at radius 3 is 2.37 bits per heavy atom. The van der Waals surface area contributed by atoms with Crippen molar-refractivity contribution in [1.82, 2.24) is 0 Å². The molecule has 1 rings (SSSR count). The first-order chi connectivity index (χ1) is 12.8. The third kappa shape index (κ3) is 7.82. The Labute approximate surface area is 165 Å². The molecule has 0 spiro atoms. The average molecular weight is 367 g/mol. The summed E-state index contributed by atoms with van der Waals surface area (Å²) in [5.41, 5.74) is 8.66. The molecule has 0 aromatic heterocycles. The van der Waals surface area contributed by atoms with Gasteiger partial charge >= 0.3 is 5.97 Å². The van der Waals surface area contributed by atoms with Gasteiger partial charge in [0.1, 0.15) is 0 Å². The summed E-state index contributed by atoms with van der Waals surface area (Å²) in [7, 11) is 0. The van der Waals surface area contributed by atoms with Crippen LogP contribution in [-0.4, -0.2) is 12.6 Å². The molecular formula is C25H34O2. The van der Waals surface area contributed by atoms with Gasteiger partial charge in [-0.1, -0.05) is 55.4 Å². The molecule has 0 bridgehead atoms. The van der Waals surface area contributed by atoms with Crippen molar-refractivity contribution in [2.45, 2.75) is 61.3 Å². The second-order valence-corrected chi connectivity index (χ2v) is 7.19. The Bertz CT molecular complexity index is 774. The quantitative estimate of drug-likeness (QED) is 0.221. The monoisotopic (exact) mass is 366 g/mol. The van der Waals surface area contributed by atoms with E-state index in [1.54, 1.807) is 0 Å². The number of hydrogen-bond acceptors (Lipinski definition) is 2. The number of aryl methyl sites for hydroxylation is 2. The zero-order chi connectivity index (χ0) is 20.4. The summed E-state index contributed by atoms with van der Waals surface area (Å²) < 4.78 is 5.13. The Morgan fingerprint density at radius 2 is 1.70 bits per heavy atom. The predicted octanol–water partition coefficient (Wildman–Crippen LogP) is 6.73. The minimum atomic E-state index is -0.271. The molecule has 0 unspecified atom stereocenters. The van der Waals surface area contributed by atoms with Crippen molar-refractivity contribution >= 4 is 12.0 Å². The molecule has 0 amide bonds. The highest BCUT2D eigenvalue weighted by Crippen LogP contribution is 2.23. The van der Waals surface area contributed by atoms with Gasteiger partial charge in [0.05, 0.1) is 6.61 Å². The molecule has 0 atom stereocenters. The van der Waals surface area contributed by atoms with Gasteiger partial charge in [0, 0.05) is 6.08 Å². The predicted molar refractivity (Wildman–Crippen MR) is 117 cm³/mol. The van der Waals surface area contributed by atoms with Gasteiger partial charge in [-0.05, 0) is 81.4 Å². The van der Waals surface area contributed by atoms with Crippen molar-refractivity contribution in [2.75, 3.05) is 6.61 Å². The van der Waals surface area contributed by atoms with Gasteiger partial charge in [0.15, 0.2) is 0 Å². The SMILES string of the molecule is CCCCOC(=O)C=C(C)C=CC=C(C)C=Cc1c(C)cc(C)c(C)c1C. The second kappa shape index (κ2) is 11.4. The summed E-state index contributed by atoms with van der Waals surface area (Å²) in [6, 6.07) is 2.24. The third-order valence-corrected chi connectivity index (χ3v) is 4.73. The normalized spacial score (nSPS) is 13.0. The van der Waals surface area contributed by atoms with Crippen LogP contribution in [0.1, 0.15) is 61.4 Å². The molecule has 0 aliphatic carbocycles. The first-order valence-electron chi connectivity index (χ1n) is 9.71. The number of esters is 1. The van der Waals surface area contributed by atoms with Crippen LogP contribution in [0.3, 0.4) is 0 Å². The van der Waals surface area contributed by atoms with Crippen molar-refractivity contribution in [1.29, 1.82) is 0 Å². The Balaban J connectivity index is 2.75. The maximum atomic E-state index is 11.6. The van der Waals surface area contributed by atoms with E-state index in [-0.39, 0.29) is 5.97 Å². The molecule has 0 saturated carbocycles. The van der Waals surface area contributed by atoms with E-state index < -0.39 is 0 Å². The van der Waals surface area contributed by atoms with E-state index in [4.69, 9.17) is 4.74 Å². The Morgan fingerprint density at radius 1 is 1.00 bits per heavy atom. The molecule has 27 heavy (non-hydrogen) atoms. The molecular weight excluding hydrogens is 332 g/mol. The van der Waals surface area contributed by atoms with Gasteiger partial charge in [0.25, 0.3) is 0 Å². The maximum absolute atomic E-state index is 11.6. The number of allylic oxidation sites excluding steroid dienone is 6. The van der Waals surface area contributed by atoms with Gasteiger partial charge < -0.3 is 4.74 Å². The Kier molecular flexibility index (Phi) is 9.56. The first-order valence-corrected chi connectivity index (χ1v) is 9.71. The molecule has 2 heteroatoms. The minimum absolute atomic E-state index is 0.271. The van der Waals surface area contributed by atoms with Crippen molar-refractivity contribution in [3.63, 3.8) is 0 Å². The minimum Gasteiger partial charge on any atom is -0.463 e. The standard InChI is InChI=1S/C25H34O2/c1-8-9-15-27-25(26)16-19(3)12-10-11-18(2)13-14-24-21(5)17-20(4)22(6)23(24)7/h10-14,16-17H,8-9,15H2,1-7H3. The van der Waals surface area contributed by atoms with Gasteiger partial charge in [-0.3, -0.25) is 0 Å². The van der Waals surface area contributed by atoms with Crippen LogP contribution < -0.4 is 0 Å². The van der Waals surface area contributed by atoms with Crippen LogP contribution in [0, 0.1) is 27.7 Å². The molecule has 0 fully saturated rings. The summed E-state index contributed by atoms with van der Waals surface area (Å²) >= 11 is 0.